The maximum Gasteiger partial charge on any atom is 0.236 e. The highest BCUT2D eigenvalue weighted by molar-refractivity contribution is 5.78. The molecule has 1 amide bonds. The molecule has 1 atom stereocenters. The number of ether oxygens (including phenoxy) is 1. The molecule has 6 heteroatoms. The van der Waals surface area contributed by atoms with E-state index < -0.39 is 0 Å². The number of aromatic nitrogens is 2. The van der Waals surface area contributed by atoms with Gasteiger partial charge < -0.3 is 14.2 Å². The van der Waals surface area contributed by atoms with E-state index in [9.17, 15) is 4.79 Å². The van der Waals surface area contributed by atoms with Crippen LogP contribution in [0, 0.1) is 0 Å². The standard InChI is InChI=1S/C20H26N4O2/c1-22-10-8-21-20(22)17-6-4-9-24(14-17)19(25)15-23-11-12-26-18-7-3-2-5-16(18)13-23/h2-3,5,7-8,10,17H,4,6,9,11-15H2,1H3. The van der Waals surface area contributed by atoms with Gasteiger partial charge in [0.1, 0.15) is 18.2 Å². The molecule has 1 aromatic heterocycles. The number of hydrogen-bond donors (Lipinski definition) is 0. The second-order valence-electron chi connectivity index (χ2n) is 7.24. The Labute approximate surface area is 154 Å². The van der Waals surface area contributed by atoms with Crippen LogP contribution in [-0.2, 0) is 18.4 Å². The lowest BCUT2D eigenvalue weighted by atomic mass is 9.97. The largest absolute Gasteiger partial charge is 0.492 e. The Kier molecular flexibility index (Phi) is 4.93. The van der Waals surface area contributed by atoms with Gasteiger partial charge in [-0.2, -0.15) is 0 Å². The van der Waals surface area contributed by atoms with Gasteiger partial charge in [-0.3, -0.25) is 9.69 Å². The summed E-state index contributed by atoms with van der Waals surface area (Å²) >= 11 is 0. The van der Waals surface area contributed by atoms with Gasteiger partial charge in [-0.1, -0.05) is 18.2 Å². The topological polar surface area (TPSA) is 50.6 Å². The van der Waals surface area contributed by atoms with E-state index in [2.05, 4.69) is 20.5 Å². The Balaban J connectivity index is 1.39. The number of benzene rings is 1. The van der Waals surface area contributed by atoms with Crippen LogP contribution in [0.5, 0.6) is 5.75 Å². The number of aryl methyl sites for hydroxylation is 1. The Bertz CT molecular complexity index is 773. The maximum atomic E-state index is 12.9. The summed E-state index contributed by atoms with van der Waals surface area (Å²) < 4.78 is 7.88. The fourth-order valence-corrected chi connectivity index (χ4v) is 3.99. The van der Waals surface area contributed by atoms with Crippen molar-refractivity contribution in [3.05, 3.63) is 48.0 Å². The number of amides is 1. The molecule has 2 aromatic rings. The minimum Gasteiger partial charge on any atom is -0.492 e. The van der Waals surface area contributed by atoms with Crippen molar-refractivity contribution < 1.29 is 9.53 Å². The molecule has 1 saturated heterocycles. The molecule has 0 spiro atoms. The van der Waals surface area contributed by atoms with E-state index in [-0.39, 0.29) is 5.91 Å². The van der Waals surface area contributed by atoms with E-state index >= 15 is 0 Å². The van der Waals surface area contributed by atoms with Crippen molar-refractivity contribution in [3.63, 3.8) is 0 Å². The highest BCUT2D eigenvalue weighted by atomic mass is 16.5. The zero-order valence-electron chi connectivity index (χ0n) is 15.3. The van der Waals surface area contributed by atoms with Crippen LogP contribution in [0.15, 0.2) is 36.7 Å². The molecule has 138 valence electrons. The number of imidazole rings is 1. The fraction of sp³-hybridized carbons (Fsp3) is 0.500. The summed E-state index contributed by atoms with van der Waals surface area (Å²) in [7, 11) is 2.03. The van der Waals surface area contributed by atoms with Crippen molar-refractivity contribution in [1.29, 1.82) is 0 Å². The van der Waals surface area contributed by atoms with E-state index in [0.717, 1.165) is 56.2 Å². The number of nitrogens with zero attached hydrogens (tertiary/aromatic N) is 4. The summed E-state index contributed by atoms with van der Waals surface area (Å²) in [5.74, 6) is 2.57. The van der Waals surface area contributed by atoms with Gasteiger partial charge in [-0.25, -0.2) is 4.98 Å². The molecule has 0 radical (unpaired) electrons. The quantitative estimate of drug-likeness (QED) is 0.846. The number of likely N-dealkylation sites (tertiary alicyclic amines) is 1. The molecule has 2 aliphatic rings. The summed E-state index contributed by atoms with van der Waals surface area (Å²) in [6, 6.07) is 8.10. The third kappa shape index (κ3) is 3.60. The lowest BCUT2D eigenvalue weighted by Crippen LogP contribution is -2.45. The van der Waals surface area contributed by atoms with Gasteiger partial charge in [-0.05, 0) is 18.9 Å². The van der Waals surface area contributed by atoms with Gasteiger partial charge in [0.15, 0.2) is 0 Å². The lowest BCUT2D eigenvalue weighted by molar-refractivity contribution is -0.133. The minimum atomic E-state index is 0.211. The van der Waals surface area contributed by atoms with E-state index in [4.69, 9.17) is 4.74 Å². The van der Waals surface area contributed by atoms with Crippen LogP contribution in [0.3, 0.4) is 0 Å². The SMILES string of the molecule is Cn1ccnc1C1CCCN(C(=O)CN2CCOc3ccccc3C2)C1. The summed E-state index contributed by atoms with van der Waals surface area (Å²) in [6.07, 6.45) is 5.95. The number of para-hydroxylation sites is 1. The van der Waals surface area contributed by atoms with E-state index in [1.165, 1.54) is 0 Å². The first-order chi connectivity index (χ1) is 12.7. The Morgan fingerprint density at radius 3 is 3.04 bits per heavy atom. The molecular formula is C20H26N4O2. The van der Waals surface area contributed by atoms with E-state index in [1.54, 1.807) is 0 Å². The highest BCUT2D eigenvalue weighted by Gasteiger charge is 2.28. The Morgan fingerprint density at radius 2 is 2.19 bits per heavy atom. The van der Waals surface area contributed by atoms with Crippen LogP contribution in [0.2, 0.25) is 0 Å². The Hall–Kier alpha value is -2.34. The molecule has 0 N–H and O–H groups in total. The molecule has 6 nitrogen and oxygen atoms in total. The number of hydrogen-bond acceptors (Lipinski definition) is 4. The molecule has 0 saturated carbocycles. The smallest absolute Gasteiger partial charge is 0.236 e. The normalized spacial score (nSPS) is 21.0. The molecule has 26 heavy (non-hydrogen) atoms. The summed E-state index contributed by atoms with van der Waals surface area (Å²) in [4.78, 5) is 21.6. The van der Waals surface area contributed by atoms with Crippen molar-refractivity contribution in [1.82, 2.24) is 19.4 Å². The third-order valence-corrected chi connectivity index (χ3v) is 5.39. The van der Waals surface area contributed by atoms with E-state index in [1.807, 2.05) is 42.5 Å². The molecule has 0 bridgehead atoms. The number of fused-ring (bicyclic) bond motifs is 1. The second-order valence-corrected chi connectivity index (χ2v) is 7.24. The van der Waals surface area contributed by atoms with Crippen LogP contribution < -0.4 is 4.74 Å². The maximum absolute atomic E-state index is 12.9. The van der Waals surface area contributed by atoms with E-state index in [0.29, 0.717) is 19.1 Å². The van der Waals surface area contributed by atoms with Gasteiger partial charge in [-0.15, -0.1) is 0 Å². The van der Waals surface area contributed by atoms with Crippen molar-refractivity contribution in [2.24, 2.45) is 7.05 Å². The molecule has 1 fully saturated rings. The number of rotatable bonds is 3. The van der Waals surface area contributed by atoms with Crippen LogP contribution in [0.4, 0.5) is 0 Å². The molecule has 2 aliphatic heterocycles. The van der Waals surface area contributed by atoms with Crippen LogP contribution in [0.1, 0.15) is 30.1 Å². The molecule has 1 aromatic carbocycles. The zero-order valence-corrected chi connectivity index (χ0v) is 15.3. The fourth-order valence-electron chi connectivity index (χ4n) is 3.99. The molecule has 4 rings (SSSR count). The van der Waals surface area contributed by atoms with Gasteiger partial charge in [0.25, 0.3) is 0 Å². The van der Waals surface area contributed by atoms with Crippen LogP contribution in [-0.4, -0.2) is 58.0 Å². The number of carbonyl (C=O) groups excluding carboxylic acids is 1. The monoisotopic (exact) mass is 354 g/mol. The summed E-state index contributed by atoms with van der Waals surface area (Å²) in [5, 5.41) is 0. The lowest BCUT2D eigenvalue weighted by Gasteiger charge is -2.33. The van der Waals surface area contributed by atoms with Gasteiger partial charge in [0, 0.05) is 57.1 Å². The number of piperidine rings is 1. The Morgan fingerprint density at radius 1 is 1.31 bits per heavy atom. The molecule has 1 unspecified atom stereocenters. The van der Waals surface area contributed by atoms with Crippen LogP contribution in [0.25, 0.3) is 0 Å². The minimum absolute atomic E-state index is 0.211. The number of carbonyl (C=O) groups is 1. The predicted molar refractivity (Wildman–Crippen MR) is 99.0 cm³/mol. The van der Waals surface area contributed by atoms with Crippen molar-refractivity contribution in [3.8, 4) is 5.75 Å². The van der Waals surface area contributed by atoms with Gasteiger partial charge in [0.05, 0.1) is 6.54 Å². The zero-order chi connectivity index (χ0) is 17.9. The first-order valence-electron chi connectivity index (χ1n) is 9.39. The van der Waals surface area contributed by atoms with Gasteiger partial charge in [0.2, 0.25) is 5.91 Å². The third-order valence-electron chi connectivity index (χ3n) is 5.39. The molecular weight excluding hydrogens is 328 g/mol. The van der Waals surface area contributed by atoms with Crippen LogP contribution >= 0.6 is 0 Å². The molecule has 0 aliphatic carbocycles. The summed E-state index contributed by atoms with van der Waals surface area (Å²) in [5.41, 5.74) is 1.15. The van der Waals surface area contributed by atoms with Gasteiger partial charge >= 0.3 is 0 Å². The van der Waals surface area contributed by atoms with Crippen molar-refractivity contribution in [2.75, 3.05) is 32.8 Å². The van der Waals surface area contributed by atoms with Crippen molar-refractivity contribution >= 4 is 5.91 Å². The average Bonchev–Trinajstić information content (AvgIpc) is 2.98. The first-order valence-corrected chi connectivity index (χ1v) is 9.39. The predicted octanol–water partition coefficient (Wildman–Crippen LogP) is 2.02. The molecule has 3 heterocycles. The average molecular weight is 354 g/mol. The second kappa shape index (κ2) is 7.50. The highest BCUT2D eigenvalue weighted by Crippen LogP contribution is 2.26. The first kappa shape index (κ1) is 17.1. The summed E-state index contributed by atoms with van der Waals surface area (Å²) in [6.45, 7) is 4.23. The van der Waals surface area contributed by atoms with Crippen molar-refractivity contribution in [2.45, 2.75) is 25.3 Å².